The van der Waals surface area contributed by atoms with E-state index in [0.29, 0.717) is 5.82 Å². The van der Waals surface area contributed by atoms with Crippen molar-refractivity contribution in [3.63, 3.8) is 0 Å². The number of carbonyl (C=O) groups is 3. The van der Waals surface area contributed by atoms with Gasteiger partial charge in [-0.3, -0.25) is 19.3 Å². The van der Waals surface area contributed by atoms with E-state index in [0.717, 1.165) is 14.8 Å². The molecule has 182 valence electrons. The molecule has 0 radical (unpaired) electrons. The summed E-state index contributed by atoms with van der Waals surface area (Å²) < 4.78 is 6.00. The van der Waals surface area contributed by atoms with E-state index in [2.05, 4.69) is 49.9 Å². The third-order valence-corrected chi connectivity index (χ3v) is 5.98. The summed E-state index contributed by atoms with van der Waals surface area (Å²) in [5, 5.41) is 2.69. The first-order valence-electron chi connectivity index (χ1n) is 10.9. The van der Waals surface area contributed by atoms with Crippen LogP contribution in [0.3, 0.4) is 0 Å². The first-order chi connectivity index (χ1) is 16.3. The maximum absolute atomic E-state index is 13.1. The summed E-state index contributed by atoms with van der Waals surface area (Å²) >= 11 is 2.24. The fraction of sp³-hybridized carbons (Fsp3) is 0.391. The number of aromatic nitrogens is 2. The molecule has 2 atom stereocenters. The van der Waals surface area contributed by atoms with Crippen molar-refractivity contribution in [2.24, 2.45) is 5.92 Å². The zero-order chi connectivity index (χ0) is 24.7. The van der Waals surface area contributed by atoms with Crippen molar-refractivity contribution in [1.82, 2.24) is 25.7 Å². The van der Waals surface area contributed by atoms with E-state index in [1.165, 1.54) is 11.2 Å². The second-order valence-electron chi connectivity index (χ2n) is 8.04. The summed E-state index contributed by atoms with van der Waals surface area (Å²) in [6.07, 6.45) is 3.14. The maximum Gasteiger partial charge on any atom is 0.325 e. The highest BCUT2D eigenvalue weighted by atomic mass is 127. The molecule has 1 aliphatic rings. The number of benzene rings is 1. The van der Waals surface area contributed by atoms with Crippen LogP contribution in [0.25, 0.3) is 11.3 Å². The Labute approximate surface area is 211 Å². The van der Waals surface area contributed by atoms with Crippen molar-refractivity contribution >= 4 is 40.4 Å². The number of hydroxylamine groups is 1. The average Bonchev–Trinajstić information content (AvgIpc) is 3.39. The summed E-state index contributed by atoms with van der Waals surface area (Å²) in [6.45, 7) is 7.67. The lowest BCUT2D eigenvalue weighted by Crippen LogP contribution is -2.38. The number of ether oxygens (including phenoxy) is 1. The quantitative estimate of drug-likeness (QED) is 0.116. The third-order valence-electron chi connectivity index (χ3n) is 5.26. The molecule has 3 rings (SSSR count). The van der Waals surface area contributed by atoms with Crippen LogP contribution in [-0.4, -0.2) is 52.0 Å². The smallest absolute Gasteiger partial charge is 0.325 e. The fourth-order valence-electron chi connectivity index (χ4n) is 3.64. The minimum atomic E-state index is -0.797. The number of H-pyrrole nitrogens is 1. The van der Waals surface area contributed by atoms with Gasteiger partial charge in [-0.1, -0.05) is 32.6 Å². The molecule has 1 fully saturated rings. The van der Waals surface area contributed by atoms with E-state index in [4.69, 9.17) is 9.57 Å². The van der Waals surface area contributed by atoms with Crippen molar-refractivity contribution in [3.05, 3.63) is 52.7 Å². The Kier molecular flexibility index (Phi) is 9.05. The number of imide groups is 1. The number of carbonyl (C=O) groups excluding carboxylic acids is 3. The molecule has 0 bridgehead atoms. The third kappa shape index (κ3) is 6.35. The summed E-state index contributed by atoms with van der Waals surface area (Å²) in [5.74, 6) is -0.337. The molecule has 3 N–H and O–H groups in total. The predicted octanol–water partition coefficient (Wildman–Crippen LogP) is 3.29. The number of nitrogens with one attached hydrogen (secondary N) is 3. The lowest BCUT2D eigenvalue weighted by molar-refractivity contribution is -0.135. The van der Waals surface area contributed by atoms with Crippen molar-refractivity contribution in [2.75, 3.05) is 13.2 Å². The van der Waals surface area contributed by atoms with Gasteiger partial charge >= 0.3 is 6.03 Å². The Hall–Kier alpha value is -2.93. The highest BCUT2D eigenvalue weighted by Crippen LogP contribution is 2.32. The standard InChI is InChI=1S/C23H28IN5O5/c1-4-33-11-12-34-28-19(30)10-9-17-22(31)29(23(32)27-17)20(14(2)3)21-25-13-18(26-21)15-5-7-16(24)8-6-15/h4-8,13-14,17,20H,1,9-12H2,2-3H3,(H,25,26)(H,27,32)(H,28,30)/t17?,20-/m0/s1. The largest absolute Gasteiger partial charge is 0.499 e. The van der Waals surface area contributed by atoms with Crippen LogP contribution < -0.4 is 10.8 Å². The maximum atomic E-state index is 13.1. The second-order valence-corrected chi connectivity index (χ2v) is 9.28. The van der Waals surface area contributed by atoms with Crippen molar-refractivity contribution in [2.45, 2.75) is 38.8 Å². The number of aromatic amines is 1. The first kappa shape index (κ1) is 25.7. The van der Waals surface area contributed by atoms with Crippen LogP contribution in [-0.2, 0) is 19.2 Å². The minimum absolute atomic E-state index is 0.0108. The number of rotatable bonds is 12. The van der Waals surface area contributed by atoms with Crippen LogP contribution in [0, 0.1) is 9.49 Å². The highest BCUT2D eigenvalue weighted by Gasteiger charge is 2.44. The topological polar surface area (TPSA) is 126 Å². The van der Waals surface area contributed by atoms with Crippen molar-refractivity contribution in [1.29, 1.82) is 0 Å². The number of amides is 4. The molecule has 1 aliphatic heterocycles. The van der Waals surface area contributed by atoms with Gasteiger partial charge in [-0.15, -0.1) is 0 Å². The van der Waals surface area contributed by atoms with Crippen LogP contribution in [0.15, 0.2) is 43.3 Å². The molecular weight excluding hydrogens is 553 g/mol. The van der Waals surface area contributed by atoms with E-state index < -0.39 is 24.0 Å². The summed E-state index contributed by atoms with van der Waals surface area (Å²) in [4.78, 5) is 51.8. The van der Waals surface area contributed by atoms with Crippen molar-refractivity contribution in [3.8, 4) is 11.3 Å². The van der Waals surface area contributed by atoms with Gasteiger partial charge in [-0.05, 0) is 52.6 Å². The van der Waals surface area contributed by atoms with Gasteiger partial charge in [0.1, 0.15) is 31.1 Å². The van der Waals surface area contributed by atoms with Gasteiger partial charge in [0.05, 0.1) is 18.2 Å². The normalized spacial score (nSPS) is 16.5. The summed E-state index contributed by atoms with van der Waals surface area (Å²) in [6, 6.07) is 6.08. The Balaban J connectivity index is 1.64. The molecule has 0 saturated carbocycles. The zero-order valence-corrected chi connectivity index (χ0v) is 21.2. The second kappa shape index (κ2) is 12.0. The number of urea groups is 1. The first-order valence-corrected chi connectivity index (χ1v) is 12.0. The van der Waals surface area contributed by atoms with Gasteiger partial charge in [0, 0.05) is 9.99 Å². The molecule has 1 aromatic heterocycles. The highest BCUT2D eigenvalue weighted by molar-refractivity contribution is 14.1. The molecule has 2 aromatic rings. The van der Waals surface area contributed by atoms with Crippen molar-refractivity contribution < 1.29 is 24.0 Å². The van der Waals surface area contributed by atoms with E-state index >= 15 is 0 Å². The molecule has 0 spiro atoms. The van der Waals surface area contributed by atoms with Crippen LogP contribution in [0.4, 0.5) is 4.79 Å². The summed E-state index contributed by atoms with van der Waals surface area (Å²) in [7, 11) is 0. The number of halogens is 1. The van der Waals surface area contributed by atoms with Crippen LogP contribution >= 0.6 is 22.6 Å². The molecule has 11 heteroatoms. The predicted molar refractivity (Wildman–Crippen MR) is 133 cm³/mol. The van der Waals surface area contributed by atoms with E-state index in [1.807, 2.05) is 38.1 Å². The number of imidazole rings is 1. The van der Waals surface area contributed by atoms with Crippen LogP contribution in [0.2, 0.25) is 0 Å². The Morgan fingerprint density at radius 1 is 1.29 bits per heavy atom. The average molecular weight is 581 g/mol. The van der Waals surface area contributed by atoms with Gasteiger partial charge in [-0.2, -0.15) is 0 Å². The molecule has 1 aromatic carbocycles. The van der Waals surface area contributed by atoms with E-state index in [1.54, 1.807) is 6.20 Å². The van der Waals surface area contributed by atoms with Gasteiger partial charge in [-0.25, -0.2) is 15.3 Å². The monoisotopic (exact) mass is 581 g/mol. The lowest BCUT2D eigenvalue weighted by atomic mass is 10.0. The molecule has 0 aliphatic carbocycles. The Morgan fingerprint density at radius 2 is 2.03 bits per heavy atom. The molecule has 10 nitrogen and oxygen atoms in total. The van der Waals surface area contributed by atoms with E-state index in [-0.39, 0.29) is 37.9 Å². The molecule has 1 unspecified atom stereocenters. The molecular formula is C23H28IN5O5. The van der Waals surface area contributed by atoms with Gasteiger partial charge < -0.3 is 15.0 Å². The number of nitrogens with zero attached hydrogens (tertiary/aromatic N) is 2. The zero-order valence-electron chi connectivity index (χ0n) is 19.0. The Bertz CT molecular complexity index is 1020. The Morgan fingerprint density at radius 3 is 2.71 bits per heavy atom. The molecule has 1 saturated heterocycles. The van der Waals surface area contributed by atoms with Crippen LogP contribution in [0.5, 0.6) is 0 Å². The summed E-state index contributed by atoms with van der Waals surface area (Å²) in [5.41, 5.74) is 4.05. The lowest BCUT2D eigenvalue weighted by Gasteiger charge is -2.27. The van der Waals surface area contributed by atoms with E-state index in [9.17, 15) is 14.4 Å². The molecule has 4 amide bonds. The van der Waals surface area contributed by atoms with Crippen LogP contribution in [0.1, 0.15) is 38.6 Å². The SMILES string of the molecule is C=COCCONC(=O)CCC1NC(=O)N([C@H](c2ncc(-c3ccc(I)cc3)[nH]2)C(C)C)C1=O. The number of hydrogen-bond acceptors (Lipinski definition) is 6. The van der Waals surface area contributed by atoms with Gasteiger partial charge in [0.25, 0.3) is 5.91 Å². The molecule has 34 heavy (non-hydrogen) atoms. The fourth-order valence-corrected chi connectivity index (χ4v) is 4.00. The van der Waals surface area contributed by atoms with Gasteiger partial charge in [0.15, 0.2) is 0 Å². The van der Waals surface area contributed by atoms with Gasteiger partial charge in [0.2, 0.25) is 5.91 Å². The molecule has 2 heterocycles. The number of hydrogen-bond donors (Lipinski definition) is 3. The minimum Gasteiger partial charge on any atom is -0.499 e.